The first-order valence-corrected chi connectivity index (χ1v) is 7.29. The number of rotatable bonds is 5. The van der Waals surface area contributed by atoms with Gasteiger partial charge in [-0.15, -0.1) is 0 Å². The summed E-state index contributed by atoms with van der Waals surface area (Å²) in [5.74, 6) is 0.292. The van der Waals surface area contributed by atoms with E-state index in [4.69, 9.17) is 4.42 Å². The lowest BCUT2D eigenvalue weighted by molar-refractivity contribution is 0.0940. The Balaban J connectivity index is 2.18. The van der Waals surface area contributed by atoms with Crippen molar-refractivity contribution in [3.63, 3.8) is 0 Å². The molecule has 5 nitrogen and oxygen atoms in total. The fourth-order valence-corrected chi connectivity index (χ4v) is 1.93. The first-order valence-electron chi connectivity index (χ1n) is 7.29. The normalized spacial score (nSPS) is 11.8. The molecule has 5 heteroatoms. The van der Waals surface area contributed by atoms with Crippen molar-refractivity contribution in [1.82, 2.24) is 5.32 Å². The lowest BCUT2D eigenvalue weighted by Crippen LogP contribution is -2.32. The predicted octanol–water partition coefficient (Wildman–Crippen LogP) is 3.37. The Morgan fingerprint density at radius 2 is 1.86 bits per heavy atom. The molecule has 0 saturated heterocycles. The van der Waals surface area contributed by atoms with Gasteiger partial charge in [0.2, 0.25) is 0 Å². The summed E-state index contributed by atoms with van der Waals surface area (Å²) >= 11 is 0. The van der Waals surface area contributed by atoms with Crippen LogP contribution in [-0.4, -0.2) is 17.9 Å². The maximum absolute atomic E-state index is 12.3. The van der Waals surface area contributed by atoms with E-state index in [-0.39, 0.29) is 23.6 Å². The number of furan rings is 1. The number of hydrogen-bond acceptors (Lipinski definition) is 3. The summed E-state index contributed by atoms with van der Waals surface area (Å²) < 4.78 is 5.29. The number of benzene rings is 1. The second-order valence-electron chi connectivity index (χ2n) is 5.19. The van der Waals surface area contributed by atoms with Crippen molar-refractivity contribution in [2.45, 2.75) is 33.2 Å². The zero-order valence-corrected chi connectivity index (χ0v) is 13.0. The second-order valence-corrected chi connectivity index (χ2v) is 5.19. The number of para-hydroxylation sites is 1. The highest BCUT2D eigenvalue weighted by molar-refractivity contribution is 6.07. The Morgan fingerprint density at radius 3 is 2.50 bits per heavy atom. The summed E-state index contributed by atoms with van der Waals surface area (Å²) in [6, 6.07) is 10.3. The quantitative estimate of drug-likeness (QED) is 0.889. The van der Waals surface area contributed by atoms with Gasteiger partial charge in [0.25, 0.3) is 11.8 Å². The summed E-state index contributed by atoms with van der Waals surface area (Å²) in [5.41, 5.74) is 0.891. The molecule has 2 aromatic rings. The predicted molar refractivity (Wildman–Crippen MR) is 85.1 cm³/mol. The molecule has 0 bridgehead atoms. The maximum atomic E-state index is 12.3. The van der Waals surface area contributed by atoms with Gasteiger partial charge in [-0.1, -0.05) is 19.1 Å². The number of nitrogens with one attached hydrogen (secondary N) is 2. The zero-order chi connectivity index (χ0) is 16.1. The van der Waals surface area contributed by atoms with Crippen LogP contribution >= 0.6 is 0 Å². The summed E-state index contributed by atoms with van der Waals surface area (Å²) in [5, 5.41) is 5.61. The van der Waals surface area contributed by atoms with Crippen LogP contribution in [0.25, 0.3) is 0 Å². The van der Waals surface area contributed by atoms with Gasteiger partial charge in [-0.2, -0.15) is 0 Å². The van der Waals surface area contributed by atoms with E-state index in [0.717, 1.165) is 6.42 Å². The molecule has 1 atom stereocenters. The topological polar surface area (TPSA) is 71.3 Å². The molecule has 116 valence electrons. The monoisotopic (exact) mass is 300 g/mol. The summed E-state index contributed by atoms with van der Waals surface area (Å²) in [6.45, 7) is 5.70. The maximum Gasteiger partial charge on any atom is 0.291 e. The zero-order valence-electron chi connectivity index (χ0n) is 13.0. The second kappa shape index (κ2) is 6.93. The van der Waals surface area contributed by atoms with Crippen molar-refractivity contribution < 1.29 is 14.0 Å². The van der Waals surface area contributed by atoms with E-state index in [9.17, 15) is 9.59 Å². The molecule has 0 saturated carbocycles. The van der Waals surface area contributed by atoms with Gasteiger partial charge in [-0.3, -0.25) is 9.59 Å². The highest BCUT2D eigenvalue weighted by Crippen LogP contribution is 2.17. The van der Waals surface area contributed by atoms with E-state index in [2.05, 4.69) is 10.6 Å². The van der Waals surface area contributed by atoms with E-state index in [0.29, 0.717) is 17.0 Å². The molecule has 0 spiro atoms. The number of carbonyl (C=O) groups is 2. The Kier molecular flexibility index (Phi) is 4.99. The van der Waals surface area contributed by atoms with Crippen molar-refractivity contribution in [1.29, 1.82) is 0 Å². The van der Waals surface area contributed by atoms with Gasteiger partial charge in [0, 0.05) is 6.04 Å². The van der Waals surface area contributed by atoms with E-state index in [1.807, 2.05) is 13.8 Å². The average molecular weight is 300 g/mol. The van der Waals surface area contributed by atoms with Gasteiger partial charge in [-0.25, -0.2) is 0 Å². The van der Waals surface area contributed by atoms with Crippen LogP contribution in [0.4, 0.5) is 5.69 Å². The lowest BCUT2D eigenvalue weighted by atomic mass is 10.1. The van der Waals surface area contributed by atoms with Crippen LogP contribution in [0, 0.1) is 6.92 Å². The number of carbonyl (C=O) groups excluding carboxylic acids is 2. The smallest absolute Gasteiger partial charge is 0.291 e. The molecular formula is C17H20N2O3. The minimum Gasteiger partial charge on any atom is -0.456 e. The molecule has 0 aliphatic carbocycles. The Labute approximate surface area is 129 Å². The van der Waals surface area contributed by atoms with Crippen LogP contribution < -0.4 is 10.6 Å². The summed E-state index contributed by atoms with van der Waals surface area (Å²) in [4.78, 5) is 24.4. The van der Waals surface area contributed by atoms with Crippen molar-refractivity contribution in [3.05, 3.63) is 53.5 Å². The van der Waals surface area contributed by atoms with Crippen LogP contribution in [0.5, 0.6) is 0 Å². The fourth-order valence-electron chi connectivity index (χ4n) is 1.93. The van der Waals surface area contributed by atoms with Gasteiger partial charge >= 0.3 is 0 Å². The molecular weight excluding hydrogens is 280 g/mol. The molecule has 1 aromatic carbocycles. The minimum atomic E-state index is -0.378. The molecule has 22 heavy (non-hydrogen) atoms. The largest absolute Gasteiger partial charge is 0.456 e. The number of amides is 2. The number of hydrogen-bond donors (Lipinski definition) is 2. The van der Waals surface area contributed by atoms with Crippen molar-refractivity contribution in [2.75, 3.05) is 5.32 Å². The average Bonchev–Trinajstić information content (AvgIpc) is 2.94. The van der Waals surface area contributed by atoms with Crippen LogP contribution in [0.15, 0.2) is 40.8 Å². The van der Waals surface area contributed by atoms with E-state index < -0.39 is 0 Å². The fraction of sp³-hybridized carbons (Fsp3) is 0.294. The number of anilines is 1. The highest BCUT2D eigenvalue weighted by atomic mass is 16.3. The molecule has 2 N–H and O–H groups in total. The Bertz CT molecular complexity index is 676. The standard InChI is InChI=1S/C17H20N2O3/c1-4-11(2)18-16(20)13-7-5-6-8-14(13)19-17(21)15-10-9-12(3)22-15/h5-11H,4H2,1-3H3,(H,18,20)(H,19,21). The molecule has 1 aromatic heterocycles. The third kappa shape index (κ3) is 3.75. The molecule has 2 rings (SSSR count). The molecule has 2 amide bonds. The molecule has 0 aliphatic heterocycles. The number of aryl methyl sites for hydroxylation is 1. The van der Waals surface area contributed by atoms with Crippen LogP contribution in [0.1, 0.15) is 46.9 Å². The van der Waals surface area contributed by atoms with Crippen molar-refractivity contribution in [2.24, 2.45) is 0 Å². The van der Waals surface area contributed by atoms with Gasteiger partial charge < -0.3 is 15.1 Å². The summed E-state index contributed by atoms with van der Waals surface area (Å²) in [7, 11) is 0. The Morgan fingerprint density at radius 1 is 1.14 bits per heavy atom. The lowest BCUT2D eigenvalue weighted by Gasteiger charge is -2.14. The van der Waals surface area contributed by atoms with E-state index in [1.165, 1.54) is 0 Å². The minimum absolute atomic E-state index is 0.0731. The van der Waals surface area contributed by atoms with Crippen molar-refractivity contribution in [3.8, 4) is 0 Å². The SMILES string of the molecule is CCC(C)NC(=O)c1ccccc1NC(=O)c1ccc(C)o1. The first-order chi connectivity index (χ1) is 10.5. The van der Waals surface area contributed by atoms with E-state index in [1.54, 1.807) is 43.3 Å². The molecule has 1 unspecified atom stereocenters. The van der Waals surface area contributed by atoms with E-state index >= 15 is 0 Å². The van der Waals surface area contributed by atoms with Crippen LogP contribution in [-0.2, 0) is 0 Å². The third-order valence-electron chi connectivity index (χ3n) is 3.37. The third-order valence-corrected chi connectivity index (χ3v) is 3.37. The molecule has 0 aliphatic rings. The molecule has 0 fully saturated rings. The van der Waals surface area contributed by atoms with Crippen LogP contribution in [0.3, 0.4) is 0 Å². The Hall–Kier alpha value is -2.56. The molecule has 1 heterocycles. The van der Waals surface area contributed by atoms with Crippen LogP contribution in [0.2, 0.25) is 0 Å². The summed E-state index contributed by atoms with van der Waals surface area (Å²) in [6.07, 6.45) is 0.839. The van der Waals surface area contributed by atoms with Gasteiger partial charge in [0.15, 0.2) is 5.76 Å². The van der Waals surface area contributed by atoms with Crippen molar-refractivity contribution >= 4 is 17.5 Å². The highest BCUT2D eigenvalue weighted by Gasteiger charge is 2.16. The molecule has 0 radical (unpaired) electrons. The van der Waals surface area contributed by atoms with Gasteiger partial charge in [0.05, 0.1) is 11.3 Å². The van der Waals surface area contributed by atoms with Gasteiger partial charge in [-0.05, 0) is 44.5 Å². The van der Waals surface area contributed by atoms with Gasteiger partial charge in [0.1, 0.15) is 5.76 Å². The first kappa shape index (κ1) is 15.8.